The molecule has 0 aliphatic heterocycles. The van der Waals surface area contributed by atoms with Gasteiger partial charge in [-0.05, 0) is 30.1 Å². The molecule has 2 N–H and O–H groups in total. The van der Waals surface area contributed by atoms with E-state index in [4.69, 9.17) is 19.4 Å². The minimum absolute atomic E-state index is 0.171. The van der Waals surface area contributed by atoms with Gasteiger partial charge in [0.05, 0.1) is 16.8 Å². The molecule has 1 amide bonds. The number of carbonyl (C=O) groups is 1. The van der Waals surface area contributed by atoms with Crippen LogP contribution in [-0.2, 0) is 6.18 Å². The first-order valence-corrected chi connectivity index (χ1v) is 10.7. The zero-order chi connectivity index (χ0) is 24.3. The van der Waals surface area contributed by atoms with E-state index in [0.717, 1.165) is 17.7 Å². The van der Waals surface area contributed by atoms with Crippen LogP contribution in [0.1, 0.15) is 22.3 Å². The number of nitrogens with zero attached hydrogens (tertiary/aromatic N) is 3. The lowest BCUT2D eigenvalue weighted by atomic mass is 10.0. The first-order chi connectivity index (χ1) is 16.3. The van der Waals surface area contributed by atoms with E-state index < -0.39 is 23.2 Å². The molecule has 0 aliphatic carbocycles. The predicted octanol–water partition coefficient (Wildman–Crippen LogP) is 4.09. The fourth-order valence-corrected chi connectivity index (χ4v) is 3.68. The Labute approximate surface area is 199 Å². The molecule has 34 heavy (non-hydrogen) atoms. The average molecular weight is 484 g/mol. The maximum absolute atomic E-state index is 13.1. The van der Waals surface area contributed by atoms with E-state index in [9.17, 15) is 18.0 Å². The molecule has 2 heterocycles. The van der Waals surface area contributed by atoms with Crippen molar-refractivity contribution < 1.29 is 18.0 Å². The van der Waals surface area contributed by atoms with Crippen LogP contribution in [0.5, 0.6) is 0 Å². The van der Waals surface area contributed by atoms with E-state index in [1.165, 1.54) is 18.3 Å². The summed E-state index contributed by atoms with van der Waals surface area (Å²) in [5.41, 5.74) is 0.809. The molecule has 0 bridgehead atoms. The second kappa shape index (κ2) is 9.76. The SMILES string of the molecule is [B]c1cnn2c(NCCCNC(=O)c3ccccc3C(F)(F)F)cc(-c3ccccc3Cl)nc12. The molecule has 0 spiro atoms. The number of amides is 1. The van der Waals surface area contributed by atoms with E-state index in [2.05, 4.69) is 20.7 Å². The van der Waals surface area contributed by atoms with Crippen LogP contribution in [0.25, 0.3) is 16.9 Å². The third-order valence-corrected chi connectivity index (χ3v) is 5.40. The van der Waals surface area contributed by atoms with Crippen molar-refractivity contribution in [1.82, 2.24) is 19.9 Å². The van der Waals surface area contributed by atoms with E-state index in [1.807, 2.05) is 18.2 Å². The van der Waals surface area contributed by atoms with Gasteiger partial charge in [-0.3, -0.25) is 4.79 Å². The fourth-order valence-electron chi connectivity index (χ4n) is 3.44. The number of carbonyl (C=O) groups excluding carboxylic acids is 1. The topological polar surface area (TPSA) is 71.3 Å². The van der Waals surface area contributed by atoms with Crippen LogP contribution in [0, 0.1) is 0 Å². The highest BCUT2D eigenvalue weighted by atomic mass is 35.5. The number of fused-ring (bicyclic) bond motifs is 1. The number of alkyl halides is 3. The first-order valence-electron chi connectivity index (χ1n) is 10.3. The Morgan fingerprint density at radius 2 is 1.82 bits per heavy atom. The minimum Gasteiger partial charge on any atom is -0.370 e. The summed E-state index contributed by atoms with van der Waals surface area (Å²) in [5.74, 6) is -0.176. The lowest BCUT2D eigenvalue weighted by molar-refractivity contribution is -0.137. The van der Waals surface area contributed by atoms with Crippen LogP contribution in [0.3, 0.4) is 0 Å². The molecule has 2 aromatic heterocycles. The van der Waals surface area contributed by atoms with E-state index in [0.29, 0.717) is 40.6 Å². The van der Waals surface area contributed by atoms with Crippen LogP contribution >= 0.6 is 11.6 Å². The number of benzene rings is 2. The quantitative estimate of drug-likeness (QED) is 0.307. The number of anilines is 1. The van der Waals surface area contributed by atoms with Gasteiger partial charge in [-0.2, -0.15) is 22.8 Å². The van der Waals surface area contributed by atoms with Crippen LogP contribution < -0.4 is 16.1 Å². The number of aromatic nitrogens is 3. The van der Waals surface area contributed by atoms with Crippen molar-refractivity contribution >= 4 is 42.3 Å². The Bertz CT molecular complexity index is 1340. The monoisotopic (exact) mass is 483 g/mol. The van der Waals surface area contributed by atoms with Crippen molar-refractivity contribution in [2.45, 2.75) is 12.6 Å². The maximum Gasteiger partial charge on any atom is 0.417 e. The molecule has 4 aromatic rings. The molecule has 4 rings (SSSR count). The highest BCUT2D eigenvalue weighted by Crippen LogP contribution is 2.32. The molecule has 0 fully saturated rings. The average Bonchev–Trinajstić information content (AvgIpc) is 3.19. The Hall–Kier alpha value is -3.53. The van der Waals surface area contributed by atoms with Crippen LogP contribution in [0.2, 0.25) is 5.02 Å². The van der Waals surface area contributed by atoms with Crippen molar-refractivity contribution in [2.75, 3.05) is 18.4 Å². The minimum atomic E-state index is -4.60. The van der Waals surface area contributed by atoms with Gasteiger partial charge >= 0.3 is 6.18 Å². The van der Waals surface area contributed by atoms with Gasteiger partial charge < -0.3 is 10.6 Å². The highest BCUT2D eigenvalue weighted by molar-refractivity contribution is 6.36. The Morgan fingerprint density at radius 1 is 1.09 bits per heavy atom. The zero-order valence-electron chi connectivity index (χ0n) is 17.7. The van der Waals surface area contributed by atoms with Gasteiger partial charge in [-0.25, -0.2) is 4.98 Å². The van der Waals surface area contributed by atoms with Crippen LogP contribution in [-0.4, -0.2) is 41.4 Å². The molecule has 0 saturated heterocycles. The van der Waals surface area contributed by atoms with Crippen molar-refractivity contribution in [3.8, 4) is 11.3 Å². The summed E-state index contributed by atoms with van der Waals surface area (Å²) in [6, 6.07) is 13.7. The third kappa shape index (κ3) is 5.01. The molecule has 6 nitrogen and oxygen atoms in total. The largest absolute Gasteiger partial charge is 0.417 e. The summed E-state index contributed by atoms with van der Waals surface area (Å²) < 4.78 is 40.9. The molecular formula is C23H18BClF3N5O. The Kier molecular flexibility index (Phi) is 6.78. The zero-order valence-corrected chi connectivity index (χ0v) is 18.5. The Morgan fingerprint density at radius 3 is 2.59 bits per heavy atom. The third-order valence-electron chi connectivity index (χ3n) is 5.07. The summed E-state index contributed by atoms with van der Waals surface area (Å²) in [7, 11) is 6.00. The van der Waals surface area contributed by atoms with Gasteiger partial charge in [-0.1, -0.05) is 41.9 Å². The van der Waals surface area contributed by atoms with E-state index in [-0.39, 0.29) is 6.54 Å². The van der Waals surface area contributed by atoms with Crippen molar-refractivity contribution in [3.05, 3.63) is 76.9 Å². The normalized spacial score (nSPS) is 11.5. The number of rotatable bonds is 7. The van der Waals surface area contributed by atoms with Crippen LogP contribution in [0.15, 0.2) is 60.8 Å². The summed E-state index contributed by atoms with van der Waals surface area (Å²) in [6.45, 7) is 0.576. The molecule has 2 radical (unpaired) electrons. The summed E-state index contributed by atoms with van der Waals surface area (Å²) in [6.07, 6.45) is -2.67. The lowest BCUT2D eigenvalue weighted by Crippen LogP contribution is -2.28. The maximum atomic E-state index is 13.1. The predicted molar refractivity (Wildman–Crippen MR) is 126 cm³/mol. The van der Waals surface area contributed by atoms with E-state index in [1.54, 1.807) is 16.6 Å². The molecule has 0 unspecified atom stereocenters. The summed E-state index contributed by atoms with van der Waals surface area (Å²) >= 11 is 6.32. The molecule has 0 saturated carbocycles. The van der Waals surface area contributed by atoms with Gasteiger partial charge in [0, 0.05) is 35.9 Å². The second-order valence-electron chi connectivity index (χ2n) is 7.42. The first kappa shape index (κ1) is 23.6. The van der Waals surface area contributed by atoms with Gasteiger partial charge in [0.1, 0.15) is 13.7 Å². The smallest absolute Gasteiger partial charge is 0.370 e. The summed E-state index contributed by atoms with van der Waals surface area (Å²) in [4.78, 5) is 16.8. The fraction of sp³-hybridized carbons (Fsp3) is 0.174. The van der Waals surface area contributed by atoms with Crippen molar-refractivity contribution in [3.63, 3.8) is 0 Å². The molecule has 172 valence electrons. The van der Waals surface area contributed by atoms with E-state index >= 15 is 0 Å². The molecule has 0 atom stereocenters. The highest BCUT2D eigenvalue weighted by Gasteiger charge is 2.34. The van der Waals surface area contributed by atoms with Gasteiger partial charge in [-0.15, -0.1) is 0 Å². The molecular weight excluding hydrogens is 466 g/mol. The van der Waals surface area contributed by atoms with Crippen LogP contribution in [0.4, 0.5) is 19.0 Å². The second-order valence-corrected chi connectivity index (χ2v) is 7.83. The number of hydrogen-bond acceptors (Lipinski definition) is 4. The molecule has 2 aromatic carbocycles. The van der Waals surface area contributed by atoms with Crippen molar-refractivity contribution in [2.24, 2.45) is 0 Å². The number of nitrogens with one attached hydrogen (secondary N) is 2. The summed E-state index contributed by atoms with van der Waals surface area (Å²) in [5, 5.41) is 10.5. The van der Waals surface area contributed by atoms with Gasteiger partial charge in [0.25, 0.3) is 5.91 Å². The van der Waals surface area contributed by atoms with Gasteiger partial charge in [0.15, 0.2) is 5.65 Å². The Balaban J connectivity index is 1.43. The van der Waals surface area contributed by atoms with Gasteiger partial charge in [0.2, 0.25) is 0 Å². The lowest BCUT2D eigenvalue weighted by Gasteiger charge is -2.13. The molecule has 0 aliphatic rings. The number of hydrogen-bond donors (Lipinski definition) is 2. The molecule has 11 heteroatoms. The number of halogens is 4. The standard InChI is InChI=1S/C23H18BClF3N5O/c24-17-13-31-33-20(12-19(32-21(17)33)15-7-2-4-9-18(15)25)29-10-5-11-30-22(34)14-6-1-3-8-16(14)23(26,27)28/h1-4,6-9,12-13,29H,5,10-11H2,(H,30,34). The van der Waals surface area contributed by atoms with Crippen molar-refractivity contribution in [1.29, 1.82) is 0 Å².